The number of hydrogen-bond donors (Lipinski definition) is 1. The molecule has 0 spiro atoms. The topological polar surface area (TPSA) is 64.9 Å². The summed E-state index contributed by atoms with van der Waals surface area (Å²) in [6.07, 6.45) is 1.92. The summed E-state index contributed by atoms with van der Waals surface area (Å²) in [4.78, 5) is 1.50. The van der Waals surface area contributed by atoms with Gasteiger partial charge in [-0.1, -0.05) is 13.8 Å². The van der Waals surface area contributed by atoms with Crippen LogP contribution in [0.25, 0.3) is 0 Å². The number of hydrogen-bond acceptors (Lipinski definition) is 5. The normalized spacial score (nSPS) is 14.8. The summed E-state index contributed by atoms with van der Waals surface area (Å²) in [6.45, 7) is 6.98. The molecule has 6 heteroatoms. The van der Waals surface area contributed by atoms with E-state index in [2.05, 4.69) is 34.6 Å². The van der Waals surface area contributed by atoms with Crippen molar-refractivity contribution >= 4 is 0 Å². The van der Waals surface area contributed by atoms with Crippen molar-refractivity contribution in [1.82, 2.24) is 25.5 Å². The van der Waals surface area contributed by atoms with Gasteiger partial charge in [-0.15, -0.1) is 10.2 Å². The van der Waals surface area contributed by atoms with Crippen molar-refractivity contribution in [2.75, 3.05) is 26.8 Å². The summed E-state index contributed by atoms with van der Waals surface area (Å²) in [7, 11) is 3.50. The minimum Gasteiger partial charge on any atom is -0.383 e. The quantitative estimate of drug-likeness (QED) is 0.668. The average Bonchev–Trinajstić information content (AvgIpc) is 2.70. The second-order valence-electron chi connectivity index (χ2n) is 4.71. The molecule has 1 aromatic heterocycles. The summed E-state index contributed by atoms with van der Waals surface area (Å²) < 4.78 is 5.01. The van der Waals surface area contributed by atoms with E-state index in [1.807, 2.05) is 0 Å². The number of tetrazole rings is 1. The van der Waals surface area contributed by atoms with Gasteiger partial charge < -0.3 is 10.1 Å². The highest BCUT2D eigenvalue weighted by atomic mass is 16.5. The van der Waals surface area contributed by atoms with Crippen LogP contribution in [-0.4, -0.2) is 47.0 Å². The van der Waals surface area contributed by atoms with Crippen LogP contribution in [0.3, 0.4) is 0 Å². The molecule has 0 amide bonds. The predicted molar refractivity (Wildman–Crippen MR) is 65.6 cm³/mol. The smallest absolute Gasteiger partial charge is 0.175 e. The molecule has 1 atom stereocenters. The van der Waals surface area contributed by atoms with Gasteiger partial charge in [0, 0.05) is 26.6 Å². The van der Waals surface area contributed by atoms with Crippen molar-refractivity contribution in [2.45, 2.75) is 26.7 Å². The van der Waals surface area contributed by atoms with Crippen LogP contribution in [-0.2, 0) is 18.2 Å². The molecule has 0 aliphatic rings. The summed E-state index contributed by atoms with van der Waals surface area (Å²) in [5.41, 5.74) is 0.163. The van der Waals surface area contributed by atoms with E-state index in [1.54, 1.807) is 14.2 Å². The van der Waals surface area contributed by atoms with Crippen LogP contribution in [0.5, 0.6) is 0 Å². The Morgan fingerprint density at radius 1 is 1.47 bits per heavy atom. The molecule has 1 unspecified atom stereocenters. The van der Waals surface area contributed by atoms with Crippen LogP contribution < -0.4 is 5.32 Å². The lowest BCUT2D eigenvalue weighted by Crippen LogP contribution is -2.35. The predicted octanol–water partition coefficient (Wildman–Crippen LogP) is 0.405. The van der Waals surface area contributed by atoms with Gasteiger partial charge in [-0.3, -0.25) is 0 Å². The highest BCUT2D eigenvalue weighted by Crippen LogP contribution is 2.23. The molecule has 1 rings (SSSR count). The van der Waals surface area contributed by atoms with E-state index < -0.39 is 0 Å². The fraction of sp³-hybridized carbons (Fsp3) is 0.909. The maximum Gasteiger partial charge on any atom is 0.175 e. The molecule has 1 aromatic rings. The monoisotopic (exact) mass is 241 g/mol. The van der Waals surface area contributed by atoms with Crippen molar-refractivity contribution in [2.24, 2.45) is 12.5 Å². The molecule has 0 aliphatic heterocycles. The van der Waals surface area contributed by atoms with Gasteiger partial charge >= 0.3 is 0 Å². The highest BCUT2D eigenvalue weighted by Gasteiger charge is 2.24. The summed E-state index contributed by atoms with van der Waals surface area (Å²) in [6, 6.07) is 0. The standard InChI is InChI=1S/C11H23N5O/c1-5-11(2,9-12-6-7-17-4)8-10-13-15-16(3)14-10/h12H,5-9H2,1-4H3. The molecule has 6 nitrogen and oxygen atoms in total. The zero-order chi connectivity index (χ0) is 12.7. The van der Waals surface area contributed by atoms with E-state index in [9.17, 15) is 0 Å². The van der Waals surface area contributed by atoms with Crippen LogP contribution in [0.4, 0.5) is 0 Å². The first kappa shape index (κ1) is 14.1. The lowest BCUT2D eigenvalue weighted by molar-refractivity contribution is 0.190. The molecule has 0 saturated carbocycles. The highest BCUT2D eigenvalue weighted by molar-refractivity contribution is 4.88. The second-order valence-corrected chi connectivity index (χ2v) is 4.71. The first-order chi connectivity index (χ1) is 8.09. The number of aryl methyl sites for hydroxylation is 1. The molecular weight excluding hydrogens is 218 g/mol. The number of aromatic nitrogens is 4. The van der Waals surface area contributed by atoms with E-state index in [0.29, 0.717) is 0 Å². The van der Waals surface area contributed by atoms with E-state index >= 15 is 0 Å². The Balaban J connectivity index is 2.44. The number of nitrogens with zero attached hydrogens (tertiary/aromatic N) is 4. The lowest BCUT2D eigenvalue weighted by Gasteiger charge is -2.27. The Morgan fingerprint density at radius 2 is 2.24 bits per heavy atom. The Hall–Kier alpha value is -1.01. The average molecular weight is 241 g/mol. The molecule has 98 valence electrons. The molecule has 0 fully saturated rings. The van der Waals surface area contributed by atoms with Crippen molar-refractivity contribution < 1.29 is 4.74 Å². The minimum absolute atomic E-state index is 0.163. The van der Waals surface area contributed by atoms with Crippen LogP contribution in [0.2, 0.25) is 0 Å². The molecule has 1 heterocycles. The molecule has 0 saturated heterocycles. The fourth-order valence-electron chi connectivity index (χ4n) is 1.65. The Morgan fingerprint density at radius 3 is 2.76 bits per heavy atom. The lowest BCUT2D eigenvalue weighted by atomic mass is 9.83. The molecule has 0 aliphatic carbocycles. The number of methoxy groups -OCH3 is 1. The van der Waals surface area contributed by atoms with Gasteiger partial charge in [-0.2, -0.15) is 4.80 Å². The number of nitrogens with one attached hydrogen (secondary N) is 1. The van der Waals surface area contributed by atoms with Crippen molar-refractivity contribution in [3.63, 3.8) is 0 Å². The van der Waals surface area contributed by atoms with Gasteiger partial charge in [0.05, 0.1) is 13.7 Å². The summed E-state index contributed by atoms with van der Waals surface area (Å²) in [5, 5.41) is 15.5. The first-order valence-corrected chi connectivity index (χ1v) is 6.02. The van der Waals surface area contributed by atoms with E-state index in [0.717, 1.165) is 38.4 Å². The summed E-state index contributed by atoms with van der Waals surface area (Å²) >= 11 is 0. The zero-order valence-electron chi connectivity index (χ0n) is 11.2. The molecular formula is C11H23N5O. The Labute approximate surface area is 103 Å². The number of ether oxygens (including phenoxy) is 1. The third kappa shape index (κ3) is 4.79. The second kappa shape index (κ2) is 6.66. The van der Waals surface area contributed by atoms with Crippen molar-refractivity contribution in [3.8, 4) is 0 Å². The van der Waals surface area contributed by atoms with Gasteiger partial charge in [0.15, 0.2) is 5.82 Å². The van der Waals surface area contributed by atoms with Crippen LogP contribution >= 0.6 is 0 Å². The van der Waals surface area contributed by atoms with Gasteiger partial charge in [-0.25, -0.2) is 0 Å². The zero-order valence-corrected chi connectivity index (χ0v) is 11.2. The van der Waals surface area contributed by atoms with E-state index in [-0.39, 0.29) is 5.41 Å². The summed E-state index contributed by atoms with van der Waals surface area (Å²) in [5.74, 6) is 0.811. The van der Waals surface area contributed by atoms with Gasteiger partial charge in [0.2, 0.25) is 0 Å². The van der Waals surface area contributed by atoms with Crippen molar-refractivity contribution in [1.29, 1.82) is 0 Å². The maximum atomic E-state index is 5.01. The molecule has 1 N–H and O–H groups in total. The third-order valence-electron chi connectivity index (χ3n) is 3.02. The van der Waals surface area contributed by atoms with Crippen LogP contribution in [0, 0.1) is 5.41 Å². The Kier molecular flexibility index (Phi) is 5.50. The third-order valence-corrected chi connectivity index (χ3v) is 3.02. The van der Waals surface area contributed by atoms with Crippen LogP contribution in [0.15, 0.2) is 0 Å². The minimum atomic E-state index is 0.163. The largest absolute Gasteiger partial charge is 0.383 e. The van der Waals surface area contributed by atoms with Gasteiger partial charge in [0.25, 0.3) is 0 Å². The van der Waals surface area contributed by atoms with Crippen LogP contribution in [0.1, 0.15) is 26.1 Å². The van der Waals surface area contributed by atoms with Crippen molar-refractivity contribution in [3.05, 3.63) is 5.82 Å². The SMILES string of the molecule is CCC(C)(CNCCOC)Cc1nnn(C)n1. The number of rotatable bonds is 8. The maximum absolute atomic E-state index is 5.01. The molecule has 0 bridgehead atoms. The van der Waals surface area contributed by atoms with Gasteiger partial charge in [-0.05, 0) is 17.0 Å². The first-order valence-electron chi connectivity index (χ1n) is 6.02. The fourth-order valence-corrected chi connectivity index (χ4v) is 1.65. The van der Waals surface area contributed by atoms with E-state index in [1.165, 1.54) is 4.80 Å². The molecule has 17 heavy (non-hydrogen) atoms. The van der Waals surface area contributed by atoms with E-state index in [4.69, 9.17) is 4.74 Å². The molecule has 0 radical (unpaired) electrons. The Bertz CT molecular complexity index is 327. The van der Waals surface area contributed by atoms with Gasteiger partial charge in [0.1, 0.15) is 0 Å². The molecule has 0 aromatic carbocycles.